The van der Waals surface area contributed by atoms with Crippen molar-refractivity contribution in [3.8, 4) is 55.6 Å². The van der Waals surface area contributed by atoms with Crippen LogP contribution in [0.25, 0.3) is 88.3 Å². The summed E-state index contributed by atoms with van der Waals surface area (Å²) < 4.78 is 6.57. The van der Waals surface area contributed by atoms with Gasteiger partial charge in [-0.05, 0) is 119 Å². The smallest absolute Gasteiger partial charge is 0.143 e. The van der Waals surface area contributed by atoms with E-state index in [2.05, 4.69) is 299 Å². The minimum atomic E-state index is -0.528. The zero-order chi connectivity index (χ0) is 51.7. The Labute approximate surface area is 450 Å². The van der Waals surface area contributed by atoms with Gasteiger partial charge in [0.05, 0.1) is 16.8 Å². The SMILES string of the molecule is CC(C)(C)c1ccc(-c2ccc(N(c3ccc4c(c3)-c3ccccc3C4(c3ccccc3)c3ccccc3)c3ccc4ccccc4c3-c3ccc(-c4cccc5c4oc4ccccc45)cc3)c(-c3ccccc3)c2)cc1. The Bertz CT molecular complexity index is 4300. The second kappa shape index (κ2) is 18.4. The molecule has 1 aromatic heterocycles. The van der Waals surface area contributed by atoms with Gasteiger partial charge in [0.25, 0.3) is 0 Å². The highest BCUT2D eigenvalue weighted by Gasteiger charge is 2.46. The molecule has 0 unspecified atom stereocenters. The first-order chi connectivity index (χ1) is 37.8. The molecule has 0 atom stereocenters. The summed E-state index contributed by atoms with van der Waals surface area (Å²) in [5.74, 6) is 0. The molecular weight excluding hydrogens is 931 g/mol. The Kier molecular flexibility index (Phi) is 11.0. The lowest BCUT2D eigenvalue weighted by molar-refractivity contribution is 0.590. The van der Waals surface area contributed by atoms with E-state index in [4.69, 9.17) is 4.42 Å². The maximum absolute atomic E-state index is 6.57. The average Bonchev–Trinajstić information content (AvgIpc) is 4.14. The molecule has 13 aromatic rings. The molecule has 0 fully saturated rings. The van der Waals surface area contributed by atoms with E-state index in [-0.39, 0.29) is 5.41 Å². The van der Waals surface area contributed by atoms with E-state index in [0.717, 1.165) is 72.4 Å². The van der Waals surface area contributed by atoms with Crippen molar-refractivity contribution in [3.63, 3.8) is 0 Å². The van der Waals surface area contributed by atoms with Crippen LogP contribution in [0.2, 0.25) is 0 Å². The van der Waals surface area contributed by atoms with Gasteiger partial charge in [-0.2, -0.15) is 0 Å². The second-order valence-electron chi connectivity index (χ2n) is 21.6. The van der Waals surface area contributed by atoms with Crippen LogP contribution < -0.4 is 4.90 Å². The molecule has 77 heavy (non-hydrogen) atoms. The average molecular weight is 986 g/mol. The van der Waals surface area contributed by atoms with Gasteiger partial charge in [-0.15, -0.1) is 0 Å². The third kappa shape index (κ3) is 7.62. The fourth-order valence-electron chi connectivity index (χ4n) is 12.4. The highest BCUT2D eigenvalue weighted by molar-refractivity contribution is 6.10. The quantitative estimate of drug-likeness (QED) is 0.143. The lowest BCUT2D eigenvalue weighted by atomic mass is 9.68. The topological polar surface area (TPSA) is 16.4 Å². The van der Waals surface area contributed by atoms with E-state index in [1.54, 1.807) is 0 Å². The van der Waals surface area contributed by atoms with Crippen LogP contribution in [0.15, 0.2) is 283 Å². The van der Waals surface area contributed by atoms with E-state index in [1.165, 1.54) is 60.8 Å². The molecule has 14 rings (SSSR count). The van der Waals surface area contributed by atoms with Crippen LogP contribution in [0.1, 0.15) is 48.6 Å². The Balaban J connectivity index is 1.02. The molecule has 0 amide bonds. The molecule has 1 aliphatic rings. The van der Waals surface area contributed by atoms with Crippen molar-refractivity contribution >= 4 is 49.8 Å². The summed E-state index contributed by atoms with van der Waals surface area (Å²) in [6.07, 6.45) is 0. The minimum Gasteiger partial charge on any atom is -0.455 e. The van der Waals surface area contributed by atoms with Gasteiger partial charge in [0.1, 0.15) is 11.2 Å². The maximum Gasteiger partial charge on any atom is 0.143 e. The van der Waals surface area contributed by atoms with Crippen LogP contribution in [-0.4, -0.2) is 0 Å². The molecule has 0 bridgehead atoms. The Morgan fingerprint density at radius 1 is 0.351 bits per heavy atom. The molecular formula is C75H55NO. The Morgan fingerprint density at radius 3 is 1.65 bits per heavy atom. The van der Waals surface area contributed by atoms with Crippen molar-refractivity contribution in [1.82, 2.24) is 0 Å². The molecule has 0 spiro atoms. The van der Waals surface area contributed by atoms with Crippen molar-refractivity contribution in [2.75, 3.05) is 4.90 Å². The van der Waals surface area contributed by atoms with Crippen molar-refractivity contribution in [2.45, 2.75) is 31.6 Å². The second-order valence-corrected chi connectivity index (χ2v) is 21.6. The van der Waals surface area contributed by atoms with E-state index in [9.17, 15) is 0 Å². The Morgan fingerprint density at radius 2 is 0.909 bits per heavy atom. The molecule has 1 heterocycles. The number of furan rings is 1. The fourth-order valence-corrected chi connectivity index (χ4v) is 12.4. The monoisotopic (exact) mass is 985 g/mol. The van der Waals surface area contributed by atoms with Gasteiger partial charge in [-0.1, -0.05) is 263 Å². The van der Waals surface area contributed by atoms with Gasteiger partial charge in [0.15, 0.2) is 0 Å². The maximum atomic E-state index is 6.57. The van der Waals surface area contributed by atoms with Crippen LogP contribution >= 0.6 is 0 Å². The normalized spacial score (nSPS) is 12.7. The van der Waals surface area contributed by atoms with E-state index < -0.39 is 5.41 Å². The number of anilines is 3. The number of fused-ring (bicyclic) bond motifs is 7. The van der Waals surface area contributed by atoms with Crippen LogP contribution in [0, 0.1) is 0 Å². The van der Waals surface area contributed by atoms with Gasteiger partial charge < -0.3 is 9.32 Å². The molecule has 0 N–H and O–H groups in total. The van der Waals surface area contributed by atoms with Crippen molar-refractivity contribution < 1.29 is 4.42 Å². The van der Waals surface area contributed by atoms with Crippen LogP contribution in [0.4, 0.5) is 17.1 Å². The fraction of sp³-hybridized carbons (Fsp3) is 0.0667. The summed E-state index contributed by atoms with van der Waals surface area (Å²) in [6, 6.07) is 103. The highest BCUT2D eigenvalue weighted by Crippen LogP contribution is 2.58. The van der Waals surface area contributed by atoms with Crippen molar-refractivity contribution in [1.29, 1.82) is 0 Å². The molecule has 366 valence electrons. The molecule has 0 saturated carbocycles. The summed E-state index contributed by atoms with van der Waals surface area (Å²) in [5.41, 5.74) is 22.5. The van der Waals surface area contributed by atoms with Gasteiger partial charge in [0, 0.05) is 33.2 Å². The molecule has 0 aliphatic heterocycles. The number of hydrogen-bond acceptors (Lipinski definition) is 2. The van der Waals surface area contributed by atoms with Gasteiger partial charge in [-0.25, -0.2) is 0 Å². The van der Waals surface area contributed by atoms with E-state index >= 15 is 0 Å². The highest BCUT2D eigenvalue weighted by atomic mass is 16.3. The van der Waals surface area contributed by atoms with Gasteiger partial charge in [-0.3, -0.25) is 0 Å². The first kappa shape index (κ1) is 46.1. The summed E-state index contributed by atoms with van der Waals surface area (Å²) in [5, 5.41) is 4.61. The van der Waals surface area contributed by atoms with E-state index in [1.807, 2.05) is 6.07 Å². The number of benzene rings is 12. The summed E-state index contributed by atoms with van der Waals surface area (Å²) in [7, 11) is 0. The third-order valence-corrected chi connectivity index (χ3v) is 16.1. The predicted octanol–water partition coefficient (Wildman–Crippen LogP) is 20.5. The van der Waals surface area contributed by atoms with Gasteiger partial charge in [0.2, 0.25) is 0 Å². The molecule has 2 heteroatoms. The zero-order valence-electron chi connectivity index (χ0n) is 43.4. The largest absolute Gasteiger partial charge is 0.455 e. The lowest BCUT2D eigenvalue weighted by Gasteiger charge is -2.34. The van der Waals surface area contributed by atoms with Crippen LogP contribution in [0.3, 0.4) is 0 Å². The summed E-state index contributed by atoms with van der Waals surface area (Å²) >= 11 is 0. The number of nitrogens with zero attached hydrogens (tertiary/aromatic N) is 1. The van der Waals surface area contributed by atoms with Gasteiger partial charge >= 0.3 is 0 Å². The summed E-state index contributed by atoms with van der Waals surface area (Å²) in [6.45, 7) is 6.83. The van der Waals surface area contributed by atoms with Crippen molar-refractivity contribution in [2.24, 2.45) is 0 Å². The predicted molar refractivity (Wildman–Crippen MR) is 324 cm³/mol. The third-order valence-electron chi connectivity index (χ3n) is 16.1. The Hall–Kier alpha value is -9.50. The van der Waals surface area contributed by atoms with Crippen LogP contribution in [0.5, 0.6) is 0 Å². The van der Waals surface area contributed by atoms with Crippen LogP contribution in [-0.2, 0) is 10.8 Å². The number of para-hydroxylation sites is 2. The lowest BCUT2D eigenvalue weighted by Crippen LogP contribution is -2.28. The first-order valence-electron chi connectivity index (χ1n) is 26.8. The molecule has 2 nitrogen and oxygen atoms in total. The zero-order valence-corrected chi connectivity index (χ0v) is 43.4. The molecule has 1 aliphatic carbocycles. The number of hydrogen-bond donors (Lipinski definition) is 0. The van der Waals surface area contributed by atoms with E-state index in [0.29, 0.717) is 0 Å². The standard InChI is InChI=1S/C75H55NO/c1-74(2,3)56-42-38-50(39-43-56)55-41-46-69(65(48-55)51-20-7-4-8-21-51)76(59-44-45-68-66(49-59)62-28-15-17-32-67(62)75(68,57-23-9-5-10-24-57)58-25-11-6-12-26-58)70-47-40-52-22-13-14-27-60(52)72(70)54-36-34-53(35-37-54)61-30-19-31-64-63-29-16-18-33-71(63)77-73(61)64/h4-49H,1-3H3. The molecule has 12 aromatic carbocycles. The number of rotatable bonds is 9. The molecule has 0 radical (unpaired) electrons. The minimum absolute atomic E-state index is 0.0524. The molecule has 0 saturated heterocycles. The first-order valence-corrected chi connectivity index (χ1v) is 26.8. The summed E-state index contributed by atoms with van der Waals surface area (Å²) in [4.78, 5) is 2.54. The van der Waals surface area contributed by atoms with Crippen molar-refractivity contribution in [3.05, 3.63) is 307 Å².